The molecule has 1 rings (SSSR count). The third-order valence-electron chi connectivity index (χ3n) is 2.09. The Bertz CT molecular complexity index is 360. The maximum Gasteiger partial charge on any atom is 0.419 e. The summed E-state index contributed by atoms with van der Waals surface area (Å²) in [6.45, 7) is 1.26. The van der Waals surface area contributed by atoms with Gasteiger partial charge >= 0.3 is 6.18 Å². The van der Waals surface area contributed by atoms with Crippen LogP contribution in [0, 0.1) is 0 Å². The van der Waals surface area contributed by atoms with Crippen molar-refractivity contribution < 1.29 is 17.9 Å². The highest BCUT2D eigenvalue weighted by Crippen LogP contribution is 2.33. The van der Waals surface area contributed by atoms with E-state index < -0.39 is 11.7 Å². The number of hydrogen-bond acceptors (Lipinski definition) is 3. The van der Waals surface area contributed by atoms with E-state index in [1.54, 1.807) is 0 Å². The van der Waals surface area contributed by atoms with Gasteiger partial charge in [-0.05, 0) is 18.6 Å². The molecule has 0 saturated carbocycles. The number of anilines is 1. The minimum absolute atomic E-state index is 0.151. The lowest BCUT2D eigenvalue weighted by Crippen LogP contribution is -2.14. The number of pyridine rings is 1. The quantitative estimate of drug-likeness (QED) is 0.616. The Labute approximate surface area is 108 Å². The van der Waals surface area contributed by atoms with Gasteiger partial charge in [-0.15, -0.1) is 11.6 Å². The fourth-order valence-corrected chi connectivity index (χ4v) is 1.42. The Kier molecular flexibility index (Phi) is 6.21. The molecule has 0 spiro atoms. The van der Waals surface area contributed by atoms with Crippen LogP contribution in [-0.2, 0) is 10.9 Å². The molecule has 1 heterocycles. The average molecular weight is 283 g/mol. The zero-order valence-electron chi connectivity index (χ0n) is 9.63. The second-order valence-electron chi connectivity index (χ2n) is 3.48. The van der Waals surface area contributed by atoms with Crippen LogP contribution in [-0.4, -0.2) is 30.6 Å². The third kappa shape index (κ3) is 5.10. The third-order valence-corrected chi connectivity index (χ3v) is 2.25. The molecule has 7 heteroatoms. The van der Waals surface area contributed by atoms with Gasteiger partial charge in [0.25, 0.3) is 0 Å². The summed E-state index contributed by atoms with van der Waals surface area (Å²) in [5.41, 5.74) is -0.758. The van der Waals surface area contributed by atoms with Crippen LogP contribution in [0.1, 0.15) is 12.0 Å². The smallest absolute Gasteiger partial charge is 0.380 e. The molecule has 0 aliphatic rings. The molecule has 0 aliphatic carbocycles. The SMILES string of the molecule is FC(F)(F)c1cccnc1NCCCOCCCl. The number of nitrogens with one attached hydrogen (secondary N) is 1. The molecule has 0 radical (unpaired) electrons. The highest BCUT2D eigenvalue weighted by molar-refractivity contribution is 6.17. The zero-order valence-corrected chi connectivity index (χ0v) is 10.4. The van der Waals surface area contributed by atoms with Crippen molar-refractivity contribution >= 4 is 17.4 Å². The number of nitrogens with zero attached hydrogens (tertiary/aromatic N) is 1. The summed E-state index contributed by atoms with van der Waals surface area (Å²) in [5.74, 6) is 0.258. The number of ether oxygens (including phenoxy) is 1. The van der Waals surface area contributed by atoms with Gasteiger partial charge in [0, 0.05) is 25.2 Å². The number of rotatable bonds is 7. The molecule has 0 aromatic carbocycles. The molecular formula is C11H14ClF3N2O. The van der Waals surface area contributed by atoms with E-state index in [1.165, 1.54) is 12.3 Å². The molecule has 102 valence electrons. The van der Waals surface area contributed by atoms with Crippen molar-refractivity contribution in [3.8, 4) is 0 Å². The molecular weight excluding hydrogens is 269 g/mol. The van der Waals surface area contributed by atoms with E-state index in [2.05, 4.69) is 10.3 Å². The molecule has 18 heavy (non-hydrogen) atoms. The first-order valence-corrected chi connectivity index (χ1v) is 5.99. The Balaban J connectivity index is 2.43. The van der Waals surface area contributed by atoms with Crippen LogP contribution >= 0.6 is 11.6 Å². The van der Waals surface area contributed by atoms with Crippen LogP contribution in [0.3, 0.4) is 0 Å². The van der Waals surface area contributed by atoms with Gasteiger partial charge in [-0.1, -0.05) is 0 Å². The van der Waals surface area contributed by atoms with Crippen LogP contribution in [0.5, 0.6) is 0 Å². The van der Waals surface area contributed by atoms with E-state index in [-0.39, 0.29) is 5.82 Å². The molecule has 1 aromatic rings. The van der Waals surface area contributed by atoms with Crippen LogP contribution in [0.25, 0.3) is 0 Å². The van der Waals surface area contributed by atoms with Gasteiger partial charge in [0.2, 0.25) is 0 Å². The lowest BCUT2D eigenvalue weighted by Gasteiger charge is -2.12. The van der Waals surface area contributed by atoms with E-state index in [9.17, 15) is 13.2 Å². The van der Waals surface area contributed by atoms with Crippen LogP contribution in [0.2, 0.25) is 0 Å². The van der Waals surface area contributed by atoms with E-state index in [4.69, 9.17) is 16.3 Å². The number of halogens is 4. The average Bonchev–Trinajstić information content (AvgIpc) is 2.33. The van der Waals surface area contributed by atoms with Crippen LogP contribution in [0.4, 0.5) is 19.0 Å². The predicted molar refractivity (Wildman–Crippen MR) is 63.9 cm³/mol. The van der Waals surface area contributed by atoms with Gasteiger partial charge < -0.3 is 10.1 Å². The van der Waals surface area contributed by atoms with Gasteiger partial charge in [0.05, 0.1) is 12.2 Å². The van der Waals surface area contributed by atoms with Gasteiger partial charge in [-0.25, -0.2) is 4.98 Å². The lowest BCUT2D eigenvalue weighted by atomic mass is 10.2. The normalized spacial score (nSPS) is 11.6. The minimum Gasteiger partial charge on any atom is -0.380 e. The zero-order chi connectivity index (χ0) is 13.4. The Morgan fingerprint density at radius 2 is 2.11 bits per heavy atom. The highest BCUT2D eigenvalue weighted by atomic mass is 35.5. The Hall–Kier alpha value is -1.01. The van der Waals surface area contributed by atoms with Crippen molar-refractivity contribution in [2.45, 2.75) is 12.6 Å². The molecule has 1 N–H and O–H groups in total. The Morgan fingerprint density at radius 3 is 2.78 bits per heavy atom. The fourth-order valence-electron chi connectivity index (χ4n) is 1.31. The van der Waals surface area contributed by atoms with Crippen LogP contribution < -0.4 is 5.32 Å². The van der Waals surface area contributed by atoms with Gasteiger partial charge in [-0.3, -0.25) is 0 Å². The molecule has 0 bridgehead atoms. The van der Waals surface area contributed by atoms with Crippen LogP contribution in [0.15, 0.2) is 18.3 Å². The van der Waals surface area contributed by atoms with Crippen molar-refractivity contribution in [3.63, 3.8) is 0 Å². The lowest BCUT2D eigenvalue weighted by molar-refractivity contribution is -0.137. The van der Waals surface area contributed by atoms with Gasteiger partial charge in [0.1, 0.15) is 5.82 Å². The van der Waals surface area contributed by atoms with Crippen molar-refractivity contribution in [2.24, 2.45) is 0 Å². The number of aromatic nitrogens is 1. The summed E-state index contributed by atoms with van der Waals surface area (Å²) < 4.78 is 42.9. The van der Waals surface area contributed by atoms with Gasteiger partial charge in [-0.2, -0.15) is 13.2 Å². The van der Waals surface area contributed by atoms with Crippen molar-refractivity contribution in [2.75, 3.05) is 31.0 Å². The number of hydrogen-bond donors (Lipinski definition) is 1. The first-order valence-electron chi connectivity index (χ1n) is 5.45. The summed E-state index contributed by atoms with van der Waals surface area (Å²) >= 11 is 5.41. The topological polar surface area (TPSA) is 34.2 Å². The molecule has 0 fully saturated rings. The monoisotopic (exact) mass is 282 g/mol. The van der Waals surface area contributed by atoms with Crippen molar-refractivity contribution in [1.29, 1.82) is 0 Å². The Morgan fingerprint density at radius 1 is 1.33 bits per heavy atom. The molecule has 0 unspecified atom stereocenters. The summed E-state index contributed by atoms with van der Waals surface area (Å²) in [7, 11) is 0. The van der Waals surface area contributed by atoms with Crippen molar-refractivity contribution in [1.82, 2.24) is 4.98 Å². The summed E-state index contributed by atoms with van der Waals surface area (Å²) in [5, 5.41) is 2.65. The first-order chi connectivity index (χ1) is 8.55. The molecule has 0 saturated heterocycles. The van der Waals surface area contributed by atoms with Crippen molar-refractivity contribution in [3.05, 3.63) is 23.9 Å². The summed E-state index contributed by atoms with van der Waals surface area (Å²) in [4.78, 5) is 3.69. The molecule has 1 aromatic heterocycles. The first kappa shape index (κ1) is 15.0. The molecule has 0 amide bonds. The second kappa shape index (κ2) is 7.43. The van der Waals surface area contributed by atoms with E-state index in [0.29, 0.717) is 32.1 Å². The maximum atomic E-state index is 12.6. The summed E-state index contributed by atoms with van der Waals surface area (Å²) in [6.07, 6.45) is -2.49. The largest absolute Gasteiger partial charge is 0.419 e. The molecule has 3 nitrogen and oxygen atoms in total. The second-order valence-corrected chi connectivity index (χ2v) is 3.86. The van der Waals surface area contributed by atoms with E-state index in [1.807, 2.05) is 0 Å². The fraction of sp³-hybridized carbons (Fsp3) is 0.545. The van der Waals surface area contributed by atoms with E-state index in [0.717, 1.165) is 6.07 Å². The molecule has 0 atom stereocenters. The standard InChI is InChI=1S/C11H14ClF3N2O/c12-4-8-18-7-2-6-17-10-9(11(13,14)15)3-1-5-16-10/h1,3,5H,2,4,6-8H2,(H,16,17). The summed E-state index contributed by atoms with van der Waals surface area (Å²) in [6, 6.07) is 2.26. The number of alkyl halides is 4. The van der Waals surface area contributed by atoms with E-state index >= 15 is 0 Å². The predicted octanol–water partition coefficient (Wildman–Crippen LogP) is 3.16. The van der Waals surface area contributed by atoms with Gasteiger partial charge in [0.15, 0.2) is 0 Å². The minimum atomic E-state index is -4.40. The molecule has 0 aliphatic heterocycles. The highest BCUT2D eigenvalue weighted by Gasteiger charge is 2.33. The maximum absolute atomic E-state index is 12.6.